The lowest BCUT2D eigenvalue weighted by Gasteiger charge is -2.13. The minimum atomic E-state index is -4.83. The van der Waals surface area contributed by atoms with Crippen LogP contribution in [0.2, 0.25) is 0 Å². The molecule has 0 aliphatic heterocycles. The number of nitrogens with two attached hydrogens (primary N) is 1. The Labute approximate surface area is 120 Å². The van der Waals surface area contributed by atoms with Crippen molar-refractivity contribution in [3.63, 3.8) is 0 Å². The highest BCUT2D eigenvalue weighted by atomic mass is 127. The van der Waals surface area contributed by atoms with Gasteiger partial charge in [0.05, 0.1) is 6.61 Å². The van der Waals surface area contributed by atoms with Crippen molar-refractivity contribution in [2.45, 2.75) is 19.8 Å². The third-order valence-electron chi connectivity index (χ3n) is 1.94. The van der Waals surface area contributed by atoms with Gasteiger partial charge in [-0.3, -0.25) is 0 Å². The van der Waals surface area contributed by atoms with Crippen molar-refractivity contribution >= 4 is 28.6 Å². The van der Waals surface area contributed by atoms with E-state index in [2.05, 4.69) is 9.72 Å². The summed E-state index contributed by atoms with van der Waals surface area (Å²) in [6.07, 6.45) is -4.83. The van der Waals surface area contributed by atoms with Gasteiger partial charge in [-0.05, 0) is 35.6 Å². The number of ether oxygens (including phenoxy) is 2. The van der Waals surface area contributed by atoms with Gasteiger partial charge in [-0.25, -0.2) is 9.78 Å². The van der Waals surface area contributed by atoms with E-state index < -0.39 is 18.1 Å². The van der Waals surface area contributed by atoms with E-state index in [0.29, 0.717) is 0 Å². The van der Waals surface area contributed by atoms with Crippen molar-refractivity contribution in [3.8, 4) is 5.75 Å². The van der Waals surface area contributed by atoms with E-state index in [1.54, 1.807) is 6.92 Å². The minimum absolute atomic E-state index is 0.102. The second kappa shape index (κ2) is 6.37. The zero-order valence-electron chi connectivity index (χ0n) is 9.75. The van der Waals surface area contributed by atoms with Crippen LogP contribution in [-0.4, -0.2) is 23.9 Å². The lowest BCUT2D eigenvalue weighted by molar-refractivity contribution is -0.275. The molecule has 1 aromatic heterocycles. The molecule has 0 aromatic carbocycles. The molecule has 0 amide bonds. The average Bonchev–Trinajstić information content (AvgIpc) is 2.29. The summed E-state index contributed by atoms with van der Waals surface area (Å²) in [5, 5.41) is 0. The molecule has 9 heteroatoms. The number of hydrogen-bond donors (Lipinski definition) is 1. The summed E-state index contributed by atoms with van der Waals surface area (Å²) in [7, 11) is 0. The van der Waals surface area contributed by atoms with Crippen molar-refractivity contribution in [1.29, 1.82) is 0 Å². The van der Waals surface area contributed by atoms with Gasteiger partial charge >= 0.3 is 12.3 Å². The number of carbonyl (C=O) groups is 1. The topological polar surface area (TPSA) is 74.4 Å². The van der Waals surface area contributed by atoms with Crippen LogP contribution in [0.4, 0.5) is 13.2 Å². The zero-order chi connectivity index (χ0) is 14.6. The maximum Gasteiger partial charge on any atom is 0.573 e. The maximum atomic E-state index is 12.2. The van der Waals surface area contributed by atoms with Crippen molar-refractivity contribution < 1.29 is 27.4 Å². The Morgan fingerprint density at radius 3 is 2.63 bits per heavy atom. The molecule has 1 rings (SSSR count). The number of rotatable bonds is 4. The van der Waals surface area contributed by atoms with Crippen LogP contribution in [0.3, 0.4) is 0 Å². The van der Waals surface area contributed by atoms with Gasteiger partial charge in [0.25, 0.3) is 0 Å². The second-order valence-corrected chi connectivity index (χ2v) is 4.28. The molecule has 0 saturated carbocycles. The molecule has 0 atom stereocenters. The Morgan fingerprint density at radius 2 is 2.16 bits per heavy atom. The quantitative estimate of drug-likeness (QED) is 0.485. The number of hydrogen-bond acceptors (Lipinski definition) is 5. The molecule has 5 nitrogen and oxygen atoms in total. The third kappa shape index (κ3) is 4.49. The fourth-order valence-electron chi connectivity index (χ4n) is 1.24. The van der Waals surface area contributed by atoms with Crippen LogP contribution >= 0.6 is 22.6 Å². The van der Waals surface area contributed by atoms with Gasteiger partial charge in [0.15, 0.2) is 11.4 Å². The monoisotopic (exact) mass is 390 g/mol. The highest BCUT2D eigenvalue weighted by molar-refractivity contribution is 14.1. The summed E-state index contributed by atoms with van der Waals surface area (Å²) in [6, 6.07) is 1.04. The maximum absolute atomic E-state index is 12.2. The largest absolute Gasteiger partial charge is 0.573 e. The Bertz CT molecular complexity index is 480. The second-order valence-electron chi connectivity index (χ2n) is 3.26. The first-order valence-electron chi connectivity index (χ1n) is 5.10. The number of pyridine rings is 1. The summed E-state index contributed by atoms with van der Waals surface area (Å²) in [5.41, 5.74) is 5.40. The summed E-state index contributed by atoms with van der Waals surface area (Å²) in [6.45, 7) is 1.57. The van der Waals surface area contributed by atoms with Gasteiger partial charge in [-0.15, -0.1) is 13.2 Å². The highest BCUT2D eigenvalue weighted by Gasteiger charge is 2.33. The van der Waals surface area contributed by atoms with E-state index >= 15 is 0 Å². The molecule has 0 spiro atoms. The van der Waals surface area contributed by atoms with Gasteiger partial charge in [-0.2, -0.15) is 0 Å². The first-order valence-corrected chi connectivity index (χ1v) is 6.18. The van der Waals surface area contributed by atoms with Crippen LogP contribution < -0.4 is 10.5 Å². The normalized spacial score (nSPS) is 11.3. The number of carbonyl (C=O) groups excluding carboxylic acids is 1. The molecule has 1 heterocycles. The SMILES string of the molecule is CCOC(=O)c1nc(I)c(OC(F)(F)F)cc1CN. The number of alkyl halides is 3. The molecule has 0 aliphatic carbocycles. The third-order valence-corrected chi connectivity index (χ3v) is 2.71. The molecule has 2 N–H and O–H groups in total. The Balaban J connectivity index is 3.17. The van der Waals surface area contributed by atoms with Gasteiger partial charge < -0.3 is 15.2 Å². The summed E-state index contributed by atoms with van der Waals surface area (Å²) >= 11 is 1.54. The van der Waals surface area contributed by atoms with Crippen molar-refractivity contribution in [2.24, 2.45) is 5.73 Å². The molecule has 106 valence electrons. The molecule has 0 aliphatic rings. The average molecular weight is 390 g/mol. The van der Waals surface area contributed by atoms with E-state index in [1.807, 2.05) is 0 Å². The van der Waals surface area contributed by atoms with E-state index in [-0.39, 0.29) is 28.1 Å². The molecule has 19 heavy (non-hydrogen) atoms. The Kier molecular flexibility index (Phi) is 5.35. The Morgan fingerprint density at radius 1 is 1.53 bits per heavy atom. The zero-order valence-corrected chi connectivity index (χ0v) is 11.9. The van der Waals surface area contributed by atoms with Gasteiger partial charge in [0.2, 0.25) is 0 Å². The molecule has 0 radical (unpaired) electrons. The molecular formula is C10H10F3IN2O3. The first kappa shape index (κ1) is 16.0. The molecule has 1 aromatic rings. The Hall–Kier alpha value is -1.10. The van der Waals surface area contributed by atoms with Crippen LogP contribution in [0.5, 0.6) is 5.75 Å². The number of nitrogens with zero attached hydrogens (tertiary/aromatic N) is 1. The summed E-state index contributed by atoms with van der Waals surface area (Å²) < 4.78 is 44.9. The number of esters is 1. The lowest BCUT2D eigenvalue weighted by Crippen LogP contribution is -2.20. The van der Waals surface area contributed by atoms with E-state index in [1.165, 1.54) is 22.6 Å². The van der Waals surface area contributed by atoms with Crippen LogP contribution in [0.1, 0.15) is 23.0 Å². The van der Waals surface area contributed by atoms with E-state index in [4.69, 9.17) is 10.5 Å². The first-order chi connectivity index (χ1) is 8.78. The van der Waals surface area contributed by atoms with Crippen LogP contribution in [-0.2, 0) is 11.3 Å². The predicted molar refractivity (Wildman–Crippen MR) is 67.5 cm³/mol. The lowest BCUT2D eigenvalue weighted by atomic mass is 10.2. The number of aromatic nitrogens is 1. The fraction of sp³-hybridized carbons (Fsp3) is 0.400. The van der Waals surface area contributed by atoms with Crippen molar-refractivity contribution in [3.05, 3.63) is 21.0 Å². The molecule has 0 unspecified atom stereocenters. The van der Waals surface area contributed by atoms with Gasteiger partial charge in [-0.1, -0.05) is 0 Å². The smallest absolute Gasteiger partial charge is 0.461 e. The van der Waals surface area contributed by atoms with Crippen molar-refractivity contribution in [2.75, 3.05) is 6.61 Å². The van der Waals surface area contributed by atoms with Gasteiger partial charge in [0, 0.05) is 12.1 Å². The predicted octanol–water partition coefficient (Wildman–Crippen LogP) is 2.22. The van der Waals surface area contributed by atoms with Gasteiger partial charge in [0.1, 0.15) is 3.70 Å². The minimum Gasteiger partial charge on any atom is -0.461 e. The number of halogens is 4. The summed E-state index contributed by atoms with van der Waals surface area (Å²) in [5.74, 6) is -1.24. The van der Waals surface area contributed by atoms with Crippen LogP contribution in [0.25, 0.3) is 0 Å². The fourth-order valence-corrected chi connectivity index (χ4v) is 1.75. The molecular weight excluding hydrogens is 380 g/mol. The van der Waals surface area contributed by atoms with Crippen LogP contribution in [0.15, 0.2) is 6.07 Å². The molecule has 0 saturated heterocycles. The molecule has 0 fully saturated rings. The standard InChI is InChI=1S/C10H10F3IN2O3/c1-2-18-9(17)7-5(4-15)3-6(8(14)16-7)19-10(11,12)13/h3H,2,4,15H2,1H3. The molecule has 0 bridgehead atoms. The highest BCUT2D eigenvalue weighted by Crippen LogP contribution is 2.28. The van der Waals surface area contributed by atoms with E-state index in [9.17, 15) is 18.0 Å². The van der Waals surface area contributed by atoms with Crippen LogP contribution in [0, 0.1) is 3.70 Å². The summed E-state index contributed by atoms with van der Waals surface area (Å²) in [4.78, 5) is 15.3. The van der Waals surface area contributed by atoms with E-state index in [0.717, 1.165) is 6.07 Å². The van der Waals surface area contributed by atoms with Crippen molar-refractivity contribution in [1.82, 2.24) is 4.98 Å².